The van der Waals surface area contributed by atoms with Gasteiger partial charge in [0, 0.05) is 12.4 Å². The van der Waals surface area contributed by atoms with Gasteiger partial charge in [-0.05, 0) is 35.9 Å². The molecule has 0 saturated heterocycles. The second-order valence-corrected chi connectivity index (χ2v) is 4.42. The predicted molar refractivity (Wildman–Crippen MR) is 80.0 cm³/mol. The molecule has 0 spiro atoms. The summed E-state index contributed by atoms with van der Waals surface area (Å²) in [6.45, 7) is 0. The molecule has 5 heteroatoms. The van der Waals surface area contributed by atoms with Crippen molar-refractivity contribution in [2.45, 2.75) is 0 Å². The average Bonchev–Trinajstić information content (AvgIpc) is 2.53. The molecule has 0 fully saturated rings. The molecule has 102 valence electrons. The smallest absolute Gasteiger partial charge is 0.259 e. The lowest BCUT2D eigenvalue weighted by molar-refractivity contribution is 0.103. The highest BCUT2D eigenvalue weighted by Crippen LogP contribution is 2.07. The predicted octanol–water partition coefficient (Wildman–Crippen LogP) is 2.21. The van der Waals surface area contributed by atoms with Crippen molar-refractivity contribution in [2.75, 3.05) is 0 Å². The van der Waals surface area contributed by atoms with E-state index in [1.165, 1.54) is 6.08 Å². The molecule has 3 rings (SSSR count). The second kappa shape index (κ2) is 5.50. The van der Waals surface area contributed by atoms with Crippen LogP contribution in [-0.2, 0) is 0 Å². The van der Waals surface area contributed by atoms with Gasteiger partial charge < -0.3 is 4.98 Å². The van der Waals surface area contributed by atoms with Gasteiger partial charge in [0.15, 0.2) is 5.82 Å². The van der Waals surface area contributed by atoms with Gasteiger partial charge in [0.2, 0.25) is 5.78 Å². The summed E-state index contributed by atoms with van der Waals surface area (Å²) >= 11 is 0. The van der Waals surface area contributed by atoms with Gasteiger partial charge in [0.25, 0.3) is 5.56 Å². The highest BCUT2D eigenvalue weighted by molar-refractivity contribution is 6.04. The largest absolute Gasteiger partial charge is 0.303 e. The highest BCUT2D eigenvalue weighted by atomic mass is 16.1. The SMILES string of the molecule is O=C(/C=C/c1cccnc1)c1nc2ccccc2c(=O)[nH]1. The fraction of sp³-hybridized carbons (Fsp3) is 0. The third-order valence-corrected chi connectivity index (χ3v) is 2.96. The van der Waals surface area contributed by atoms with Crippen LogP contribution in [-0.4, -0.2) is 20.7 Å². The summed E-state index contributed by atoms with van der Waals surface area (Å²) in [6, 6.07) is 10.5. The topological polar surface area (TPSA) is 75.7 Å². The summed E-state index contributed by atoms with van der Waals surface area (Å²) < 4.78 is 0. The number of carbonyl (C=O) groups is 1. The van der Waals surface area contributed by atoms with Crippen molar-refractivity contribution in [2.24, 2.45) is 0 Å². The third-order valence-electron chi connectivity index (χ3n) is 2.96. The molecule has 0 saturated carbocycles. The first-order chi connectivity index (χ1) is 10.2. The monoisotopic (exact) mass is 277 g/mol. The first-order valence-electron chi connectivity index (χ1n) is 6.35. The zero-order chi connectivity index (χ0) is 14.7. The number of nitrogens with zero attached hydrogens (tertiary/aromatic N) is 2. The van der Waals surface area contributed by atoms with Crippen LogP contribution in [0.1, 0.15) is 16.2 Å². The van der Waals surface area contributed by atoms with Crippen molar-refractivity contribution in [1.29, 1.82) is 0 Å². The number of aromatic nitrogens is 3. The van der Waals surface area contributed by atoms with Crippen molar-refractivity contribution in [3.05, 3.63) is 76.6 Å². The number of H-pyrrole nitrogens is 1. The number of benzene rings is 1. The molecule has 1 N–H and O–H groups in total. The number of nitrogens with one attached hydrogen (secondary N) is 1. The van der Waals surface area contributed by atoms with Gasteiger partial charge in [0.05, 0.1) is 10.9 Å². The van der Waals surface area contributed by atoms with E-state index in [4.69, 9.17) is 0 Å². The van der Waals surface area contributed by atoms with E-state index in [1.807, 2.05) is 6.07 Å². The molecular weight excluding hydrogens is 266 g/mol. The Labute approximate surface area is 120 Å². The highest BCUT2D eigenvalue weighted by Gasteiger charge is 2.08. The van der Waals surface area contributed by atoms with Crippen molar-refractivity contribution < 1.29 is 4.79 Å². The maximum Gasteiger partial charge on any atom is 0.259 e. The van der Waals surface area contributed by atoms with Crippen LogP contribution < -0.4 is 5.56 Å². The molecule has 1 aromatic carbocycles. The van der Waals surface area contributed by atoms with E-state index in [9.17, 15) is 9.59 Å². The maximum atomic E-state index is 12.1. The lowest BCUT2D eigenvalue weighted by Crippen LogP contribution is -2.14. The van der Waals surface area contributed by atoms with Crippen LogP contribution in [0.15, 0.2) is 59.7 Å². The lowest BCUT2D eigenvalue weighted by Gasteiger charge is -1.99. The van der Waals surface area contributed by atoms with Crippen LogP contribution in [0.4, 0.5) is 0 Å². The van der Waals surface area contributed by atoms with E-state index in [-0.39, 0.29) is 17.2 Å². The number of hydrogen-bond donors (Lipinski definition) is 1. The summed E-state index contributed by atoms with van der Waals surface area (Å²) in [7, 11) is 0. The third kappa shape index (κ3) is 2.76. The lowest BCUT2D eigenvalue weighted by atomic mass is 10.2. The normalized spacial score (nSPS) is 11.0. The molecule has 3 aromatic rings. The summed E-state index contributed by atoms with van der Waals surface area (Å²) in [5.74, 6) is -0.333. The second-order valence-electron chi connectivity index (χ2n) is 4.42. The van der Waals surface area contributed by atoms with Gasteiger partial charge in [0.1, 0.15) is 0 Å². The van der Waals surface area contributed by atoms with Gasteiger partial charge >= 0.3 is 0 Å². The number of aromatic amines is 1. The zero-order valence-electron chi connectivity index (χ0n) is 11.0. The quantitative estimate of drug-likeness (QED) is 0.588. The fourth-order valence-electron chi connectivity index (χ4n) is 1.93. The number of allylic oxidation sites excluding steroid dienone is 1. The van der Waals surface area contributed by atoms with Crippen LogP contribution in [0.25, 0.3) is 17.0 Å². The van der Waals surface area contributed by atoms with Crippen LogP contribution in [0.5, 0.6) is 0 Å². The molecule has 5 nitrogen and oxygen atoms in total. The maximum absolute atomic E-state index is 12.1. The molecule has 2 aromatic heterocycles. The van der Waals surface area contributed by atoms with E-state index in [0.717, 1.165) is 5.56 Å². The van der Waals surface area contributed by atoms with Gasteiger partial charge in [-0.25, -0.2) is 4.98 Å². The first kappa shape index (κ1) is 12.9. The molecule has 0 amide bonds. The molecule has 0 aliphatic rings. The summed E-state index contributed by atoms with van der Waals surface area (Å²) in [5.41, 5.74) is 0.979. The molecule has 0 bridgehead atoms. The van der Waals surface area contributed by atoms with Gasteiger partial charge in [-0.15, -0.1) is 0 Å². The Kier molecular flexibility index (Phi) is 3.39. The van der Waals surface area contributed by atoms with Crippen molar-refractivity contribution >= 4 is 22.8 Å². The summed E-state index contributed by atoms with van der Waals surface area (Å²) in [4.78, 5) is 34.6. The van der Waals surface area contributed by atoms with Crippen LogP contribution in [0.3, 0.4) is 0 Å². The van der Waals surface area contributed by atoms with E-state index < -0.39 is 0 Å². The van der Waals surface area contributed by atoms with E-state index in [2.05, 4.69) is 15.0 Å². The molecule has 2 heterocycles. The van der Waals surface area contributed by atoms with Gasteiger partial charge in [-0.1, -0.05) is 18.2 Å². The number of carbonyl (C=O) groups excluding carboxylic acids is 1. The number of fused-ring (bicyclic) bond motifs is 1. The van der Waals surface area contributed by atoms with Gasteiger partial charge in [-0.2, -0.15) is 0 Å². The zero-order valence-corrected chi connectivity index (χ0v) is 11.0. The number of hydrogen-bond acceptors (Lipinski definition) is 4. The Morgan fingerprint density at radius 3 is 2.81 bits per heavy atom. The van der Waals surface area contributed by atoms with Crippen LogP contribution >= 0.6 is 0 Å². The molecule has 21 heavy (non-hydrogen) atoms. The van der Waals surface area contributed by atoms with E-state index >= 15 is 0 Å². The molecule has 0 aliphatic carbocycles. The Hall–Kier alpha value is -3.08. The van der Waals surface area contributed by atoms with Crippen LogP contribution in [0.2, 0.25) is 0 Å². The number of rotatable bonds is 3. The van der Waals surface area contributed by atoms with Crippen LogP contribution in [0, 0.1) is 0 Å². The minimum atomic E-state index is -0.360. The number of para-hydroxylation sites is 1. The number of ketones is 1. The Morgan fingerprint density at radius 1 is 1.14 bits per heavy atom. The molecule has 0 radical (unpaired) electrons. The Morgan fingerprint density at radius 2 is 2.00 bits per heavy atom. The van der Waals surface area contributed by atoms with Gasteiger partial charge in [-0.3, -0.25) is 14.6 Å². The molecule has 0 unspecified atom stereocenters. The van der Waals surface area contributed by atoms with E-state index in [0.29, 0.717) is 10.9 Å². The molecule has 0 atom stereocenters. The standard InChI is InChI=1S/C16H11N3O2/c20-14(8-7-11-4-3-9-17-10-11)15-18-13-6-2-1-5-12(13)16(21)19-15/h1-10H,(H,18,19,21)/b8-7+. The summed E-state index contributed by atoms with van der Waals surface area (Å²) in [5, 5.41) is 0.463. The Balaban J connectivity index is 1.95. The number of pyridine rings is 1. The van der Waals surface area contributed by atoms with Crippen molar-refractivity contribution in [3.63, 3.8) is 0 Å². The fourth-order valence-corrected chi connectivity index (χ4v) is 1.93. The molecule has 0 aliphatic heterocycles. The van der Waals surface area contributed by atoms with E-state index in [1.54, 1.807) is 48.8 Å². The minimum Gasteiger partial charge on any atom is -0.303 e. The minimum absolute atomic E-state index is 0.0267. The van der Waals surface area contributed by atoms with Crippen molar-refractivity contribution in [1.82, 2.24) is 15.0 Å². The molecular formula is C16H11N3O2. The van der Waals surface area contributed by atoms with Crippen molar-refractivity contribution in [3.8, 4) is 0 Å². The Bertz CT molecular complexity index is 883. The summed E-state index contributed by atoms with van der Waals surface area (Å²) in [6.07, 6.45) is 6.29. The first-order valence-corrected chi connectivity index (χ1v) is 6.35. The average molecular weight is 277 g/mol.